The van der Waals surface area contributed by atoms with Gasteiger partial charge in [0.25, 0.3) is 0 Å². The van der Waals surface area contributed by atoms with Gasteiger partial charge in [0.15, 0.2) is 0 Å². The lowest BCUT2D eigenvalue weighted by Gasteiger charge is -2.04. The highest BCUT2D eigenvalue weighted by Crippen LogP contribution is 2.09. The summed E-state index contributed by atoms with van der Waals surface area (Å²) in [5.74, 6) is 0.500. The molecule has 0 saturated heterocycles. The van der Waals surface area contributed by atoms with Crippen molar-refractivity contribution in [2.24, 2.45) is 0 Å². The lowest BCUT2D eigenvalue weighted by molar-refractivity contribution is 0.952. The third-order valence-electron chi connectivity index (χ3n) is 2.26. The molecule has 0 aliphatic carbocycles. The number of hydrogen-bond acceptors (Lipinski definition) is 6. The van der Waals surface area contributed by atoms with Crippen molar-refractivity contribution in [3.05, 3.63) is 33.5 Å². The largest absolute Gasteiger partial charge is 0.354 e. The SMILES string of the molecule is Cc1cc(C#N)nc(NCCc2nc(C)cs2)n1. The minimum atomic E-state index is 0.384. The molecule has 2 aromatic heterocycles. The van der Waals surface area contributed by atoms with E-state index in [1.165, 1.54) is 0 Å². The van der Waals surface area contributed by atoms with Crippen LogP contribution in [0.4, 0.5) is 5.95 Å². The number of nitriles is 1. The highest BCUT2D eigenvalue weighted by Gasteiger charge is 2.02. The monoisotopic (exact) mass is 259 g/mol. The minimum absolute atomic E-state index is 0.384. The van der Waals surface area contributed by atoms with Gasteiger partial charge in [0.1, 0.15) is 11.8 Å². The van der Waals surface area contributed by atoms with E-state index in [0.717, 1.165) is 22.8 Å². The molecule has 0 amide bonds. The Morgan fingerprint density at radius 3 is 2.78 bits per heavy atom. The van der Waals surface area contributed by atoms with Crippen molar-refractivity contribution in [1.29, 1.82) is 5.26 Å². The number of rotatable bonds is 4. The molecule has 0 aliphatic heterocycles. The van der Waals surface area contributed by atoms with E-state index < -0.39 is 0 Å². The molecule has 92 valence electrons. The smallest absolute Gasteiger partial charge is 0.224 e. The Labute approximate surface area is 110 Å². The Bertz CT molecular complexity index is 584. The van der Waals surface area contributed by atoms with Crippen LogP contribution in [0.1, 0.15) is 22.1 Å². The Kier molecular flexibility index (Phi) is 3.85. The van der Waals surface area contributed by atoms with Crippen molar-refractivity contribution >= 4 is 17.3 Å². The van der Waals surface area contributed by atoms with E-state index in [4.69, 9.17) is 5.26 Å². The first-order valence-electron chi connectivity index (χ1n) is 5.58. The maximum Gasteiger partial charge on any atom is 0.224 e. The van der Waals surface area contributed by atoms with Gasteiger partial charge in [0.05, 0.1) is 5.01 Å². The van der Waals surface area contributed by atoms with Crippen molar-refractivity contribution in [2.45, 2.75) is 20.3 Å². The summed E-state index contributed by atoms with van der Waals surface area (Å²) in [7, 11) is 0. The predicted octanol–water partition coefficient (Wildman–Crippen LogP) is 2.08. The molecule has 0 saturated carbocycles. The molecule has 0 aliphatic rings. The van der Waals surface area contributed by atoms with Crippen molar-refractivity contribution in [3.63, 3.8) is 0 Å². The van der Waals surface area contributed by atoms with Crippen molar-refractivity contribution in [2.75, 3.05) is 11.9 Å². The fourth-order valence-corrected chi connectivity index (χ4v) is 2.28. The highest BCUT2D eigenvalue weighted by atomic mass is 32.1. The van der Waals surface area contributed by atoms with E-state index in [-0.39, 0.29) is 0 Å². The number of nitrogens with one attached hydrogen (secondary N) is 1. The van der Waals surface area contributed by atoms with Crippen LogP contribution in [0.25, 0.3) is 0 Å². The molecule has 0 atom stereocenters. The van der Waals surface area contributed by atoms with Gasteiger partial charge in [-0.25, -0.2) is 15.0 Å². The Hall–Kier alpha value is -2.00. The van der Waals surface area contributed by atoms with Gasteiger partial charge in [-0.3, -0.25) is 0 Å². The zero-order valence-corrected chi connectivity index (χ0v) is 11.1. The molecule has 0 bridgehead atoms. The fourth-order valence-electron chi connectivity index (χ4n) is 1.50. The third-order valence-corrected chi connectivity index (χ3v) is 3.28. The molecule has 2 aromatic rings. The second kappa shape index (κ2) is 5.56. The summed E-state index contributed by atoms with van der Waals surface area (Å²) in [4.78, 5) is 12.7. The molecule has 5 nitrogen and oxygen atoms in total. The summed E-state index contributed by atoms with van der Waals surface area (Å²) in [6, 6.07) is 3.68. The fraction of sp³-hybridized carbons (Fsp3) is 0.333. The minimum Gasteiger partial charge on any atom is -0.354 e. The van der Waals surface area contributed by atoms with Crippen LogP contribution < -0.4 is 5.32 Å². The molecular formula is C12H13N5S. The van der Waals surface area contributed by atoms with Crippen LogP contribution in [0.15, 0.2) is 11.4 Å². The van der Waals surface area contributed by atoms with Crippen LogP contribution in [0.3, 0.4) is 0 Å². The number of hydrogen-bond donors (Lipinski definition) is 1. The first-order chi connectivity index (χ1) is 8.67. The second-order valence-corrected chi connectivity index (χ2v) is 4.83. The van der Waals surface area contributed by atoms with Gasteiger partial charge in [0, 0.05) is 29.7 Å². The number of aryl methyl sites for hydroxylation is 2. The number of thiazole rings is 1. The van der Waals surface area contributed by atoms with E-state index in [0.29, 0.717) is 18.2 Å². The molecule has 2 heterocycles. The topological polar surface area (TPSA) is 74.5 Å². The number of aromatic nitrogens is 3. The first kappa shape index (κ1) is 12.5. The predicted molar refractivity (Wildman–Crippen MR) is 70.5 cm³/mol. The molecular weight excluding hydrogens is 246 g/mol. The van der Waals surface area contributed by atoms with Crippen LogP contribution in [0, 0.1) is 25.2 Å². The molecule has 18 heavy (non-hydrogen) atoms. The normalized spacial score (nSPS) is 10.1. The summed E-state index contributed by atoms with van der Waals surface area (Å²) in [6.45, 7) is 4.54. The van der Waals surface area contributed by atoms with Crippen LogP contribution >= 0.6 is 11.3 Å². The summed E-state index contributed by atoms with van der Waals surface area (Å²) < 4.78 is 0. The van der Waals surface area contributed by atoms with Gasteiger partial charge in [-0.2, -0.15) is 5.26 Å². The van der Waals surface area contributed by atoms with Gasteiger partial charge in [0.2, 0.25) is 5.95 Å². The Balaban J connectivity index is 1.94. The molecule has 2 rings (SSSR count). The highest BCUT2D eigenvalue weighted by molar-refractivity contribution is 7.09. The van der Waals surface area contributed by atoms with Crippen molar-refractivity contribution < 1.29 is 0 Å². The van der Waals surface area contributed by atoms with Gasteiger partial charge >= 0.3 is 0 Å². The third kappa shape index (κ3) is 3.25. The van der Waals surface area contributed by atoms with E-state index >= 15 is 0 Å². The van der Waals surface area contributed by atoms with Gasteiger partial charge in [-0.15, -0.1) is 11.3 Å². The van der Waals surface area contributed by atoms with Crippen LogP contribution in [-0.2, 0) is 6.42 Å². The van der Waals surface area contributed by atoms with E-state index in [2.05, 4.69) is 20.3 Å². The summed E-state index contributed by atoms with van der Waals surface area (Å²) in [5, 5.41) is 15.1. The quantitative estimate of drug-likeness (QED) is 0.909. The number of anilines is 1. The van der Waals surface area contributed by atoms with Crippen molar-refractivity contribution in [3.8, 4) is 6.07 Å². The second-order valence-electron chi connectivity index (χ2n) is 3.89. The average Bonchev–Trinajstić information content (AvgIpc) is 2.74. The summed E-state index contributed by atoms with van der Waals surface area (Å²) in [6.07, 6.45) is 0.831. The van der Waals surface area contributed by atoms with E-state index in [1.54, 1.807) is 17.4 Å². The Morgan fingerprint density at radius 1 is 1.28 bits per heavy atom. The summed E-state index contributed by atoms with van der Waals surface area (Å²) >= 11 is 1.65. The maximum atomic E-state index is 8.82. The van der Waals surface area contributed by atoms with Crippen molar-refractivity contribution in [1.82, 2.24) is 15.0 Å². The average molecular weight is 259 g/mol. The van der Waals surface area contributed by atoms with Gasteiger partial charge in [-0.1, -0.05) is 0 Å². The molecule has 6 heteroatoms. The molecule has 0 unspecified atom stereocenters. The number of nitrogens with zero attached hydrogens (tertiary/aromatic N) is 4. The molecule has 1 N–H and O–H groups in total. The summed E-state index contributed by atoms with van der Waals surface area (Å²) in [5.41, 5.74) is 2.22. The van der Waals surface area contributed by atoms with Crippen LogP contribution in [0.5, 0.6) is 0 Å². The molecule has 0 spiro atoms. The zero-order valence-electron chi connectivity index (χ0n) is 10.3. The lowest BCUT2D eigenvalue weighted by atomic mass is 10.3. The van der Waals surface area contributed by atoms with E-state index in [9.17, 15) is 0 Å². The first-order valence-corrected chi connectivity index (χ1v) is 6.46. The lowest BCUT2D eigenvalue weighted by Crippen LogP contribution is -2.09. The van der Waals surface area contributed by atoms with Crippen LogP contribution in [0.2, 0.25) is 0 Å². The van der Waals surface area contributed by atoms with Crippen LogP contribution in [-0.4, -0.2) is 21.5 Å². The van der Waals surface area contributed by atoms with E-state index in [1.807, 2.05) is 25.3 Å². The van der Waals surface area contributed by atoms with Gasteiger partial charge < -0.3 is 5.32 Å². The Morgan fingerprint density at radius 2 is 2.11 bits per heavy atom. The molecule has 0 radical (unpaired) electrons. The maximum absolute atomic E-state index is 8.82. The molecule has 0 aromatic carbocycles. The molecule has 0 fully saturated rings. The standard InChI is InChI=1S/C12H13N5S/c1-8-5-10(6-13)17-12(16-8)14-4-3-11-15-9(2)7-18-11/h5,7H,3-4H2,1-2H3,(H,14,16,17). The van der Waals surface area contributed by atoms with Gasteiger partial charge in [-0.05, 0) is 19.9 Å². The zero-order chi connectivity index (χ0) is 13.0.